The molecule has 3 aromatic rings. The van der Waals surface area contributed by atoms with Crippen LogP contribution in [0.5, 0.6) is 0 Å². The molecule has 0 saturated carbocycles. The molecule has 4 N–H and O–H groups in total. The lowest BCUT2D eigenvalue weighted by Crippen LogP contribution is -2.41. The van der Waals surface area contributed by atoms with Crippen molar-refractivity contribution in [2.75, 3.05) is 13.2 Å². The maximum absolute atomic E-state index is 12.3. The number of carbonyl (C=O) groups excluding carboxylic acids is 2. The fourth-order valence-electron chi connectivity index (χ4n) is 4.02. The SMILES string of the molecule is O=C(NCc1ccc(C(=O)NC(CCO)C(=O)O)o1)OCC1c2ccccc2-c2ccccc21. The van der Waals surface area contributed by atoms with Crippen molar-refractivity contribution in [1.82, 2.24) is 10.6 Å². The summed E-state index contributed by atoms with van der Waals surface area (Å²) in [6, 6.07) is 17.7. The van der Waals surface area contributed by atoms with E-state index >= 15 is 0 Å². The van der Waals surface area contributed by atoms with E-state index in [1.54, 1.807) is 0 Å². The molecule has 9 heteroatoms. The molecule has 0 spiro atoms. The maximum Gasteiger partial charge on any atom is 0.407 e. The van der Waals surface area contributed by atoms with Crippen LogP contribution in [0.1, 0.15) is 39.8 Å². The van der Waals surface area contributed by atoms with Crippen molar-refractivity contribution in [2.24, 2.45) is 0 Å². The molecule has 4 rings (SSSR count). The number of hydrogen-bond acceptors (Lipinski definition) is 6. The molecule has 9 nitrogen and oxygen atoms in total. The Morgan fingerprint density at radius 3 is 2.24 bits per heavy atom. The number of fused-ring (bicyclic) bond motifs is 3. The number of alkyl carbamates (subject to hydrolysis) is 1. The van der Waals surface area contributed by atoms with Gasteiger partial charge in [-0.25, -0.2) is 9.59 Å². The second-order valence-corrected chi connectivity index (χ2v) is 7.82. The third kappa shape index (κ3) is 4.94. The number of aliphatic carboxylic acids is 1. The standard InChI is InChI=1S/C25H24N2O7/c28-12-11-21(24(30)31)27-23(29)22-10-9-15(34-22)13-26-25(32)33-14-20-18-7-3-1-5-16(18)17-6-2-4-8-19(17)20/h1-10,20-21,28H,11-14H2,(H,26,32)(H,27,29)(H,30,31). The molecular weight excluding hydrogens is 440 g/mol. The molecule has 1 heterocycles. The predicted molar refractivity (Wildman–Crippen MR) is 121 cm³/mol. The molecule has 34 heavy (non-hydrogen) atoms. The van der Waals surface area contributed by atoms with Gasteiger partial charge in [0.1, 0.15) is 18.4 Å². The number of carbonyl (C=O) groups is 3. The normalized spacial score (nSPS) is 13.0. The molecule has 0 bridgehead atoms. The summed E-state index contributed by atoms with van der Waals surface area (Å²) in [5.74, 6) is -1.85. The summed E-state index contributed by atoms with van der Waals surface area (Å²) < 4.78 is 10.8. The van der Waals surface area contributed by atoms with Gasteiger partial charge in [0, 0.05) is 18.9 Å². The van der Waals surface area contributed by atoms with Crippen molar-refractivity contribution in [3.05, 3.63) is 83.3 Å². The van der Waals surface area contributed by atoms with Gasteiger partial charge in [-0.15, -0.1) is 0 Å². The molecule has 0 fully saturated rings. The number of rotatable bonds is 9. The van der Waals surface area contributed by atoms with Gasteiger partial charge >= 0.3 is 12.1 Å². The maximum atomic E-state index is 12.3. The number of carboxylic acids is 1. The fourth-order valence-corrected chi connectivity index (χ4v) is 4.02. The summed E-state index contributed by atoms with van der Waals surface area (Å²) in [5.41, 5.74) is 4.49. The first kappa shape index (κ1) is 23.1. The van der Waals surface area contributed by atoms with Crippen LogP contribution in [0.2, 0.25) is 0 Å². The number of nitrogens with one attached hydrogen (secondary N) is 2. The molecule has 1 aromatic heterocycles. The first-order chi connectivity index (χ1) is 16.5. The van der Waals surface area contributed by atoms with Crippen molar-refractivity contribution in [3.8, 4) is 11.1 Å². The summed E-state index contributed by atoms with van der Waals surface area (Å²) in [6.45, 7) is -0.221. The Balaban J connectivity index is 1.30. The highest BCUT2D eigenvalue weighted by molar-refractivity contribution is 5.94. The molecule has 176 valence electrons. The molecule has 1 aliphatic carbocycles. The van der Waals surface area contributed by atoms with E-state index in [0.29, 0.717) is 5.76 Å². The van der Waals surface area contributed by atoms with E-state index in [1.165, 1.54) is 12.1 Å². The molecule has 0 radical (unpaired) electrons. The monoisotopic (exact) mass is 464 g/mol. The zero-order valence-corrected chi connectivity index (χ0v) is 18.2. The second-order valence-electron chi connectivity index (χ2n) is 7.82. The van der Waals surface area contributed by atoms with Crippen LogP contribution in [0, 0.1) is 0 Å². The van der Waals surface area contributed by atoms with Crippen LogP contribution < -0.4 is 10.6 Å². The van der Waals surface area contributed by atoms with Gasteiger partial charge in [0.25, 0.3) is 5.91 Å². The van der Waals surface area contributed by atoms with Crippen molar-refractivity contribution < 1.29 is 33.8 Å². The Bertz CT molecular complexity index is 1160. The fraction of sp³-hybridized carbons (Fsp3) is 0.240. The number of furan rings is 1. The van der Waals surface area contributed by atoms with Crippen LogP contribution in [0.3, 0.4) is 0 Å². The Labute approximate surface area is 195 Å². The van der Waals surface area contributed by atoms with Gasteiger partial charge in [0.15, 0.2) is 5.76 Å². The van der Waals surface area contributed by atoms with Crippen molar-refractivity contribution in [2.45, 2.75) is 24.9 Å². The number of aliphatic hydroxyl groups is 1. The quantitative estimate of drug-likeness (QED) is 0.382. The number of ether oxygens (including phenoxy) is 1. The highest BCUT2D eigenvalue weighted by Crippen LogP contribution is 2.44. The molecule has 1 unspecified atom stereocenters. The molecular formula is C25H24N2O7. The van der Waals surface area contributed by atoms with E-state index in [0.717, 1.165) is 22.3 Å². The smallest absolute Gasteiger partial charge is 0.407 e. The van der Waals surface area contributed by atoms with E-state index in [2.05, 4.69) is 22.8 Å². The van der Waals surface area contributed by atoms with E-state index in [4.69, 9.17) is 19.4 Å². The van der Waals surface area contributed by atoms with Gasteiger partial charge in [-0.1, -0.05) is 48.5 Å². The molecule has 1 atom stereocenters. The summed E-state index contributed by atoms with van der Waals surface area (Å²) in [4.78, 5) is 35.6. The number of benzene rings is 2. The minimum absolute atomic E-state index is 0.0110. The largest absolute Gasteiger partial charge is 0.480 e. The Morgan fingerprint density at radius 1 is 0.971 bits per heavy atom. The molecule has 0 saturated heterocycles. The van der Waals surface area contributed by atoms with Gasteiger partial charge in [-0.05, 0) is 34.4 Å². The predicted octanol–water partition coefficient (Wildman–Crippen LogP) is 2.88. The van der Waals surface area contributed by atoms with E-state index in [-0.39, 0.29) is 37.9 Å². The summed E-state index contributed by atoms with van der Waals surface area (Å²) in [6.07, 6.45) is -0.754. The highest BCUT2D eigenvalue weighted by Gasteiger charge is 2.29. The Kier molecular flexibility index (Phi) is 6.93. The van der Waals surface area contributed by atoms with Crippen LogP contribution in [0.25, 0.3) is 11.1 Å². The summed E-state index contributed by atoms with van der Waals surface area (Å²) in [7, 11) is 0. The number of hydrogen-bond donors (Lipinski definition) is 4. The summed E-state index contributed by atoms with van der Waals surface area (Å²) >= 11 is 0. The minimum atomic E-state index is -1.26. The molecule has 0 aliphatic heterocycles. The Hall–Kier alpha value is -4.11. The van der Waals surface area contributed by atoms with Crippen molar-refractivity contribution in [1.29, 1.82) is 0 Å². The van der Waals surface area contributed by atoms with E-state index < -0.39 is 24.0 Å². The van der Waals surface area contributed by atoms with E-state index in [9.17, 15) is 14.4 Å². The minimum Gasteiger partial charge on any atom is -0.480 e. The zero-order chi connectivity index (χ0) is 24.1. The summed E-state index contributed by atoms with van der Waals surface area (Å²) in [5, 5.41) is 22.8. The lowest BCUT2D eigenvalue weighted by Gasteiger charge is -2.14. The first-order valence-electron chi connectivity index (χ1n) is 10.8. The Morgan fingerprint density at radius 2 is 1.62 bits per heavy atom. The third-order valence-corrected chi connectivity index (χ3v) is 5.66. The first-order valence-corrected chi connectivity index (χ1v) is 10.8. The van der Waals surface area contributed by atoms with Gasteiger partial charge in [0.05, 0.1) is 6.54 Å². The average molecular weight is 464 g/mol. The number of amides is 2. The van der Waals surface area contributed by atoms with Crippen LogP contribution >= 0.6 is 0 Å². The molecule has 2 amide bonds. The van der Waals surface area contributed by atoms with Crippen molar-refractivity contribution in [3.63, 3.8) is 0 Å². The van der Waals surface area contributed by atoms with Gasteiger partial charge < -0.3 is 30.0 Å². The lowest BCUT2D eigenvalue weighted by molar-refractivity contribution is -0.139. The lowest BCUT2D eigenvalue weighted by atomic mass is 9.98. The van der Waals surface area contributed by atoms with Crippen LogP contribution in [0.15, 0.2) is 65.1 Å². The molecule has 1 aliphatic rings. The second kappa shape index (κ2) is 10.2. The van der Waals surface area contributed by atoms with Crippen LogP contribution in [-0.2, 0) is 16.1 Å². The highest BCUT2D eigenvalue weighted by atomic mass is 16.5. The van der Waals surface area contributed by atoms with Gasteiger partial charge in [-0.3, -0.25) is 4.79 Å². The van der Waals surface area contributed by atoms with Crippen LogP contribution in [0.4, 0.5) is 4.79 Å². The van der Waals surface area contributed by atoms with Crippen molar-refractivity contribution >= 4 is 18.0 Å². The van der Waals surface area contributed by atoms with Gasteiger partial charge in [0.2, 0.25) is 0 Å². The average Bonchev–Trinajstić information content (AvgIpc) is 3.44. The number of aliphatic hydroxyl groups excluding tert-OH is 1. The van der Waals surface area contributed by atoms with Gasteiger partial charge in [-0.2, -0.15) is 0 Å². The third-order valence-electron chi connectivity index (χ3n) is 5.66. The zero-order valence-electron chi connectivity index (χ0n) is 18.2. The van der Waals surface area contributed by atoms with Crippen LogP contribution in [-0.4, -0.2) is 47.4 Å². The van der Waals surface area contributed by atoms with E-state index in [1.807, 2.05) is 36.4 Å². The topological polar surface area (TPSA) is 138 Å². The number of carboxylic acid groups (broad SMARTS) is 1. The molecule has 2 aromatic carbocycles.